The summed E-state index contributed by atoms with van der Waals surface area (Å²) >= 11 is 0. The third-order valence-corrected chi connectivity index (χ3v) is 3.97. The predicted octanol–water partition coefficient (Wildman–Crippen LogP) is 0.763. The predicted molar refractivity (Wildman–Crippen MR) is 76.9 cm³/mol. The van der Waals surface area contributed by atoms with Gasteiger partial charge in [0.1, 0.15) is 0 Å². The molecule has 1 rings (SSSR count). The molecule has 0 spiro atoms. The quantitative estimate of drug-likeness (QED) is 0.706. The van der Waals surface area contributed by atoms with Gasteiger partial charge in [0.2, 0.25) is 0 Å². The van der Waals surface area contributed by atoms with E-state index in [0.717, 1.165) is 19.5 Å². The number of hydrogen-bond acceptors (Lipinski definition) is 4. The zero-order chi connectivity index (χ0) is 13.4. The highest BCUT2D eigenvalue weighted by Gasteiger charge is 2.22. The largest absolute Gasteiger partial charge is 0.395 e. The van der Waals surface area contributed by atoms with Crippen LogP contribution in [0.1, 0.15) is 33.1 Å². The van der Waals surface area contributed by atoms with Crippen LogP contribution in [-0.2, 0) is 0 Å². The first-order chi connectivity index (χ1) is 8.71. The fourth-order valence-electron chi connectivity index (χ4n) is 2.84. The maximum absolute atomic E-state index is 9.32. The van der Waals surface area contributed by atoms with Crippen LogP contribution in [0.5, 0.6) is 0 Å². The van der Waals surface area contributed by atoms with Crippen LogP contribution in [-0.4, -0.2) is 73.4 Å². The summed E-state index contributed by atoms with van der Waals surface area (Å²) < 4.78 is 0. The highest BCUT2D eigenvalue weighted by atomic mass is 16.3. The van der Waals surface area contributed by atoms with E-state index >= 15 is 0 Å². The highest BCUT2D eigenvalue weighted by Crippen LogP contribution is 2.12. The van der Waals surface area contributed by atoms with Gasteiger partial charge in [-0.3, -0.25) is 4.90 Å². The lowest BCUT2D eigenvalue weighted by Gasteiger charge is -2.31. The molecule has 0 aromatic carbocycles. The van der Waals surface area contributed by atoms with E-state index in [4.69, 9.17) is 0 Å². The molecule has 0 bridgehead atoms. The number of nitrogens with zero attached hydrogens (tertiary/aromatic N) is 2. The first kappa shape index (κ1) is 15.9. The van der Waals surface area contributed by atoms with Gasteiger partial charge in [-0.2, -0.15) is 0 Å². The van der Waals surface area contributed by atoms with Crippen molar-refractivity contribution in [1.29, 1.82) is 0 Å². The molecule has 4 nitrogen and oxygen atoms in total. The Morgan fingerprint density at radius 2 is 2.11 bits per heavy atom. The molecule has 2 atom stereocenters. The molecule has 0 amide bonds. The van der Waals surface area contributed by atoms with Crippen LogP contribution < -0.4 is 5.32 Å². The van der Waals surface area contributed by atoms with Crippen molar-refractivity contribution in [3.63, 3.8) is 0 Å². The first-order valence-corrected chi connectivity index (χ1v) is 7.48. The fourth-order valence-corrected chi connectivity index (χ4v) is 2.84. The number of hydrogen-bond donors (Lipinski definition) is 2. The second-order valence-corrected chi connectivity index (χ2v) is 5.44. The Morgan fingerprint density at radius 1 is 1.33 bits per heavy atom. The second-order valence-electron chi connectivity index (χ2n) is 5.44. The normalized spacial score (nSPS) is 25.0. The Labute approximate surface area is 112 Å². The van der Waals surface area contributed by atoms with Gasteiger partial charge in [-0.05, 0) is 45.9 Å². The van der Waals surface area contributed by atoms with Crippen LogP contribution in [0.4, 0.5) is 0 Å². The zero-order valence-corrected chi connectivity index (χ0v) is 12.4. The highest BCUT2D eigenvalue weighted by molar-refractivity contribution is 4.79. The SMILES string of the molecule is CCNC(CO)CCN1CCCN(C)CC1CC. The topological polar surface area (TPSA) is 38.7 Å². The summed E-state index contributed by atoms with van der Waals surface area (Å²) in [6.07, 6.45) is 3.53. The molecule has 0 saturated carbocycles. The van der Waals surface area contributed by atoms with Gasteiger partial charge in [-0.1, -0.05) is 13.8 Å². The minimum absolute atomic E-state index is 0.248. The van der Waals surface area contributed by atoms with Gasteiger partial charge in [0, 0.05) is 25.2 Å². The van der Waals surface area contributed by atoms with E-state index in [1.807, 2.05) is 0 Å². The maximum atomic E-state index is 9.32. The smallest absolute Gasteiger partial charge is 0.0585 e. The summed E-state index contributed by atoms with van der Waals surface area (Å²) in [5, 5.41) is 12.7. The van der Waals surface area contributed by atoms with Gasteiger partial charge in [-0.15, -0.1) is 0 Å². The molecule has 2 N–H and O–H groups in total. The molecule has 108 valence electrons. The molecular formula is C14H31N3O. The first-order valence-electron chi connectivity index (χ1n) is 7.48. The molecule has 1 aliphatic heterocycles. The van der Waals surface area contributed by atoms with E-state index in [-0.39, 0.29) is 12.6 Å². The van der Waals surface area contributed by atoms with E-state index in [9.17, 15) is 5.11 Å². The maximum Gasteiger partial charge on any atom is 0.0585 e. The molecule has 0 aliphatic carbocycles. The van der Waals surface area contributed by atoms with Crippen LogP contribution >= 0.6 is 0 Å². The van der Waals surface area contributed by atoms with Crippen molar-refractivity contribution < 1.29 is 5.11 Å². The van der Waals surface area contributed by atoms with E-state index in [2.05, 4.69) is 36.0 Å². The van der Waals surface area contributed by atoms with Crippen LogP contribution in [0, 0.1) is 0 Å². The van der Waals surface area contributed by atoms with Crippen molar-refractivity contribution in [3.8, 4) is 0 Å². The summed E-state index contributed by atoms with van der Waals surface area (Å²) in [6.45, 7) is 10.3. The van der Waals surface area contributed by atoms with Gasteiger partial charge >= 0.3 is 0 Å². The summed E-state index contributed by atoms with van der Waals surface area (Å²) in [5.74, 6) is 0. The van der Waals surface area contributed by atoms with Gasteiger partial charge in [0.25, 0.3) is 0 Å². The van der Waals surface area contributed by atoms with Crippen molar-refractivity contribution in [2.45, 2.75) is 45.2 Å². The third-order valence-electron chi connectivity index (χ3n) is 3.97. The van der Waals surface area contributed by atoms with E-state index in [1.54, 1.807) is 0 Å². The van der Waals surface area contributed by atoms with Crippen molar-refractivity contribution in [1.82, 2.24) is 15.1 Å². The molecule has 2 unspecified atom stereocenters. The average Bonchev–Trinajstić information content (AvgIpc) is 2.55. The van der Waals surface area contributed by atoms with E-state index in [0.29, 0.717) is 6.04 Å². The molecule has 1 aliphatic rings. The summed E-state index contributed by atoms with van der Waals surface area (Å²) in [5.41, 5.74) is 0. The molecule has 0 aromatic heterocycles. The van der Waals surface area contributed by atoms with Gasteiger partial charge in [0.05, 0.1) is 6.61 Å². The average molecular weight is 257 g/mol. The molecule has 1 heterocycles. The molecule has 0 radical (unpaired) electrons. The minimum Gasteiger partial charge on any atom is -0.395 e. The monoisotopic (exact) mass is 257 g/mol. The Bertz CT molecular complexity index is 213. The van der Waals surface area contributed by atoms with Crippen LogP contribution in [0.2, 0.25) is 0 Å². The molecule has 1 saturated heterocycles. The van der Waals surface area contributed by atoms with Gasteiger partial charge in [-0.25, -0.2) is 0 Å². The van der Waals surface area contributed by atoms with Gasteiger partial charge < -0.3 is 15.3 Å². The molecule has 18 heavy (non-hydrogen) atoms. The van der Waals surface area contributed by atoms with Crippen LogP contribution in [0.25, 0.3) is 0 Å². The lowest BCUT2D eigenvalue weighted by molar-refractivity contribution is 0.162. The number of aliphatic hydroxyl groups excluding tert-OH is 1. The van der Waals surface area contributed by atoms with Crippen molar-refractivity contribution in [2.24, 2.45) is 0 Å². The Hall–Kier alpha value is -0.160. The van der Waals surface area contributed by atoms with Gasteiger partial charge in [0.15, 0.2) is 0 Å². The fraction of sp³-hybridized carbons (Fsp3) is 1.00. The number of likely N-dealkylation sites (N-methyl/N-ethyl adjacent to an activating group) is 2. The van der Waals surface area contributed by atoms with E-state index < -0.39 is 0 Å². The summed E-state index contributed by atoms with van der Waals surface area (Å²) in [7, 11) is 2.22. The Kier molecular flexibility index (Phi) is 7.82. The molecule has 1 fully saturated rings. The number of nitrogens with one attached hydrogen (secondary N) is 1. The van der Waals surface area contributed by atoms with Crippen LogP contribution in [0.3, 0.4) is 0 Å². The van der Waals surface area contributed by atoms with Crippen molar-refractivity contribution >= 4 is 0 Å². The van der Waals surface area contributed by atoms with Crippen molar-refractivity contribution in [3.05, 3.63) is 0 Å². The summed E-state index contributed by atoms with van der Waals surface area (Å²) in [4.78, 5) is 5.06. The van der Waals surface area contributed by atoms with Crippen molar-refractivity contribution in [2.75, 3.05) is 46.4 Å². The molecule has 0 aromatic rings. The summed E-state index contributed by atoms with van der Waals surface area (Å²) in [6, 6.07) is 0.937. The third kappa shape index (κ3) is 5.22. The lowest BCUT2D eigenvalue weighted by atomic mass is 10.1. The standard InChI is InChI=1S/C14H31N3O/c1-4-14-11-16(3)8-6-9-17(14)10-7-13(12-18)15-5-2/h13-15,18H,4-12H2,1-3H3. The Morgan fingerprint density at radius 3 is 2.72 bits per heavy atom. The molecular weight excluding hydrogens is 226 g/mol. The van der Waals surface area contributed by atoms with E-state index in [1.165, 1.54) is 32.5 Å². The van der Waals surface area contributed by atoms with Crippen LogP contribution in [0.15, 0.2) is 0 Å². The number of rotatable bonds is 7. The number of aliphatic hydroxyl groups is 1. The molecule has 4 heteroatoms. The lowest BCUT2D eigenvalue weighted by Crippen LogP contribution is -2.43. The second kappa shape index (κ2) is 8.86. The zero-order valence-electron chi connectivity index (χ0n) is 12.4. The minimum atomic E-state index is 0.248. The Balaban J connectivity index is 2.42.